The van der Waals surface area contributed by atoms with Crippen molar-refractivity contribution < 1.29 is 14.3 Å². The number of nitrogens with zero attached hydrogens (tertiary/aromatic N) is 2. The van der Waals surface area contributed by atoms with Crippen molar-refractivity contribution in [3.63, 3.8) is 0 Å². The van der Waals surface area contributed by atoms with E-state index in [4.69, 9.17) is 16.3 Å². The predicted molar refractivity (Wildman–Crippen MR) is 109 cm³/mol. The number of amides is 2. The Bertz CT molecular complexity index is 870. The van der Waals surface area contributed by atoms with E-state index in [1.54, 1.807) is 23.3 Å². The Labute approximate surface area is 173 Å². The molecule has 148 valence electrons. The second-order valence-corrected chi connectivity index (χ2v) is 8.90. The molecule has 2 aliphatic heterocycles. The topological polar surface area (TPSA) is 61.9 Å². The Morgan fingerprint density at radius 2 is 1.96 bits per heavy atom. The summed E-state index contributed by atoms with van der Waals surface area (Å²) in [5, 5.41) is 2.92. The molecule has 28 heavy (non-hydrogen) atoms. The number of halogens is 1. The summed E-state index contributed by atoms with van der Waals surface area (Å²) in [4.78, 5) is 30.8. The molecule has 0 unspecified atom stereocenters. The molecule has 2 saturated heterocycles. The van der Waals surface area contributed by atoms with Gasteiger partial charge in [-0.3, -0.25) is 14.5 Å². The van der Waals surface area contributed by atoms with Crippen LogP contribution >= 0.6 is 22.9 Å². The standard InChI is InChI=1S/C20H22ClN3O3S/c1-27-14-4-2-13(3-5-14)10-16-20(26)24-9-8-23(12-17(24)19(25)22-16)11-15-6-7-18(21)28-15/h2-7,16-17H,8-12H2,1H3,(H,22,25)/t16-,17+/m0/s1. The van der Waals surface area contributed by atoms with Crippen LogP contribution in [-0.4, -0.2) is 60.4 Å². The molecular weight excluding hydrogens is 398 g/mol. The van der Waals surface area contributed by atoms with E-state index in [0.717, 1.165) is 28.7 Å². The van der Waals surface area contributed by atoms with Gasteiger partial charge in [0.1, 0.15) is 17.8 Å². The van der Waals surface area contributed by atoms with Crippen LogP contribution in [0.3, 0.4) is 0 Å². The number of hydrogen-bond donors (Lipinski definition) is 1. The van der Waals surface area contributed by atoms with E-state index >= 15 is 0 Å². The van der Waals surface area contributed by atoms with E-state index in [0.29, 0.717) is 19.5 Å². The zero-order valence-electron chi connectivity index (χ0n) is 15.6. The van der Waals surface area contributed by atoms with E-state index in [1.165, 1.54) is 4.88 Å². The number of carbonyl (C=O) groups is 2. The van der Waals surface area contributed by atoms with E-state index in [2.05, 4.69) is 10.2 Å². The third kappa shape index (κ3) is 4.01. The average Bonchev–Trinajstić information content (AvgIpc) is 3.11. The lowest BCUT2D eigenvalue weighted by atomic mass is 9.98. The summed E-state index contributed by atoms with van der Waals surface area (Å²) in [6.07, 6.45) is 0.481. The minimum atomic E-state index is -0.514. The van der Waals surface area contributed by atoms with E-state index in [9.17, 15) is 9.59 Å². The van der Waals surface area contributed by atoms with Crippen molar-refractivity contribution in [2.75, 3.05) is 26.7 Å². The van der Waals surface area contributed by atoms with E-state index < -0.39 is 12.1 Å². The van der Waals surface area contributed by atoms with Gasteiger partial charge in [0, 0.05) is 37.5 Å². The lowest BCUT2D eigenvalue weighted by molar-refractivity contribution is -0.153. The summed E-state index contributed by atoms with van der Waals surface area (Å²) in [5.74, 6) is 0.692. The molecule has 8 heteroatoms. The number of thiophene rings is 1. The Morgan fingerprint density at radius 3 is 2.64 bits per heavy atom. The zero-order chi connectivity index (χ0) is 19.7. The van der Waals surface area contributed by atoms with Gasteiger partial charge in [-0.1, -0.05) is 23.7 Å². The fraction of sp³-hybridized carbons (Fsp3) is 0.400. The van der Waals surface area contributed by atoms with Crippen molar-refractivity contribution in [2.45, 2.75) is 25.0 Å². The van der Waals surface area contributed by atoms with Crippen molar-refractivity contribution >= 4 is 34.8 Å². The first-order valence-electron chi connectivity index (χ1n) is 9.24. The fourth-order valence-electron chi connectivity index (χ4n) is 3.79. The first-order chi connectivity index (χ1) is 13.5. The Hall–Kier alpha value is -2.09. The van der Waals surface area contributed by atoms with Crippen molar-refractivity contribution in [3.05, 3.63) is 51.2 Å². The lowest BCUT2D eigenvalue weighted by Crippen LogP contribution is -2.69. The van der Waals surface area contributed by atoms with Gasteiger partial charge in [-0.2, -0.15) is 0 Å². The molecule has 2 amide bonds. The molecule has 2 atom stereocenters. The van der Waals surface area contributed by atoms with E-state index in [1.807, 2.05) is 36.4 Å². The van der Waals surface area contributed by atoms with Crippen LogP contribution < -0.4 is 10.1 Å². The number of carbonyl (C=O) groups excluding carboxylic acids is 2. The second-order valence-electron chi connectivity index (χ2n) is 7.10. The molecule has 0 bridgehead atoms. The van der Waals surface area contributed by atoms with Gasteiger partial charge in [-0.15, -0.1) is 11.3 Å². The minimum Gasteiger partial charge on any atom is -0.497 e. The number of fused-ring (bicyclic) bond motifs is 1. The van der Waals surface area contributed by atoms with Crippen molar-refractivity contribution in [1.82, 2.24) is 15.1 Å². The number of hydrogen-bond acceptors (Lipinski definition) is 5. The maximum Gasteiger partial charge on any atom is 0.246 e. The molecule has 2 aromatic rings. The summed E-state index contributed by atoms with van der Waals surface area (Å²) in [7, 11) is 1.62. The van der Waals surface area contributed by atoms with Crippen LogP contribution in [0, 0.1) is 0 Å². The minimum absolute atomic E-state index is 0.000707. The highest BCUT2D eigenvalue weighted by Crippen LogP contribution is 2.25. The van der Waals surface area contributed by atoms with Gasteiger partial charge in [0.05, 0.1) is 11.4 Å². The summed E-state index contributed by atoms with van der Waals surface area (Å²) in [5.41, 5.74) is 0.992. The SMILES string of the molecule is COc1ccc(C[C@@H]2NC(=O)[C@H]3CN(Cc4ccc(Cl)s4)CCN3C2=O)cc1. The van der Waals surface area contributed by atoms with Gasteiger partial charge in [0.25, 0.3) is 0 Å². The fourth-order valence-corrected chi connectivity index (χ4v) is 4.92. The Kier molecular flexibility index (Phi) is 5.57. The van der Waals surface area contributed by atoms with Crippen LogP contribution in [0.4, 0.5) is 0 Å². The van der Waals surface area contributed by atoms with Crippen LogP contribution in [0.2, 0.25) is 4.34 Å². The maximum atomic E-state index is 13.0. The largest absolute Gasteiger partial charge is 0.497 e. The first-order valence-corrected chi connectivity index (χ1v) is 10.4. The van der Waals surface area contributed by atoms with Crippen LogP contribution in [0.25, 0.3) is 0 Å². The summed E-state index contributed by atoms with van der Waals surface area (Å²) < 4.78 is 5.93. The predicted octanol–water partition coefficient (Wildman–Crippen LogP) is 2.16. The van der Waals surface area contributed by atoms with Gasteiger partial charge >= 0.3 is 0 Å². The van der Waals surface area contributed by atoms with Crippen molar-refractivity contribution in [1.29, 1.82) is 0 Å². The molecular formula is C20H22ClN3O3S. The van der Waals surface area contributed by atoms with Crippen LogP contribution in [0.15, 0.2) is 36.4 Å². The number of rotatable bonds is 5. The second kappa shape index (κ2) is 8.11. The number of methoxy groups -OCH3 is 1. The van der Waals surface area contributed by atoms with Gasteiger partial charge in [-0.25, -0.2) is 0 Å². The van der Waals surface area contributed by atoms with Gasteiger partial charge < -0.3 is 15.0 Å². The molecule has 1 aromatic heterocycles. The molecule has 2 aliphatic rings. The number of piperazine rings is 2. The Morgan fingerprint density at radius 1 is 1.18 bits per heavy atom. The number of nitrogens with one attached hydrogen (secondary N) is 1. The van der Waals surface area contributed by atoms with Gasteiger partial charge in [-0.05, 0) is 29.8 Å². The quantitative estimate of drug-likeness (QED) is 0.806. The number of benzene rings is 1. The van der Waals surface area contributed by atoms with Gasteiger partial charge in [0.15, 0.2) is 0 Å². The normalized spacial score (nSPS) is 22.7. The van der Waals surface area contributed by atoms with Crippen LogP contribution in [0.1, 0.15) is 10.4 Å². The lowest BCUT2D eigenvalue weighted by Gasteiger charge is -2.45. The van der Waals surface area contributed by atoms with Crippen molar-refractivity contribution in [3.8, 4) is 5.75 Å². The molecule has 3 heterocycles. The molecule has 0 saturated carbocycles. The van der Waals surface area contributed by atoms with Gasteiger partial charge in [0.2, 0.25) is 11.8 Å². The molecule has 1 aromatic carbocycles. The molecule has 0 aliphatic carbocycles. The van der Waals surface area contributed by atoms with Crippen LogP contribution in [-0.2, 0) is 22.6 Å². The van der Waals surface area contributed by atoms with E-state index in [-0.39, 0.29) is 11.8 Å². The molecule has 0 spiro atoms. The number of ether oxygens (including phenoxy) is 1. The molecule has 4 rings (SSSR count). The Balaban J connectivity index is 1.40. The monoisotopic (exact) mass is 419 g/mol. The molecule has 2 fully saturated rings. The summed E-state index contributed by atoms with van der Waals surface area (Å²) in [6.45, 7) is 2.61. The maximum absolute atomic E-state index is 13.0. The van der Waals surface area contributed by atoms with Crippen LogP contribution in [0.5, 0.6) is 5.75 Å². The summed E-state index contributed by atoms with van der Waals surface area (Å²) in [6, 6.07) is 10.5. The highest BCUT2D eigenvalue weighted by atomic mass is 35.5. The third-order valence-electron chi connectivity index (χ3n) is 5.27. The summed E-state index contributed by atoms with van der Waals surface area (Å²) >= 11 is 7.56. The molecule has 1 N–H and O–H groups in total. The average molecular weight is 420 g/mol. The molecule has 0 radical (unpaired) electrons. The highest BCUT2D eigenvalue weighted by molar-refractivity contribution is 7.16. The smallest absolute Gasteiger partial charge is 0.246 e. The third-order valence-corrected chi connectivity index (χ3v) is 6.49. The molecule has 6 nitrogen and oxygen atoms in total. The first kappa shape index (κ1) is 19.2. The van der Waals surface area contributed by atoms with Crippen molar-refractivity contribution in [2.24, 2.45) is 0 Å². The highest BCUT2D eigenvalue weighted by Gasteiger charge is 2.43. The zero-order valence-corrected chi connectivity index (χ0v) is 17.1.